The van der Waals surface area contributed by atoms with Gasteiger partial charge in [0.25, 0.3) is 0 Å². The molecule has 1 fully saturated rings. The van der Waals surface area contributed by atoms with Crippen LogP contribution in [-0.2, 0) is 30.8 Å². The van der Waals surface area contributed by atoms with E-state index in [0.29, 0.717) is 11.4 Å². The number of rotatable bonds is 4. The van der Waals surface area contributed by atoms with Crippen molar-refractivity contribution in [2.75, 3.05) is 11.5 Å². The fourth-order valence-electron chi connectivity index (χ4n) is 3.34. The predicted octanol–water partition coefficient (Wildman–Crippen LogP) is 2.76. The highest BCUT2D eigenvalue weighted by Gasteiger charge is 2.37. The van der Waals surface area contributed by atoms with E-state index in [9.17, 15) is 18.0 Å². The molecule has 0 aliphatic carbocycles. The van der Waals surface area contributed by atoms with Crippen LogP contribution < -0.4 is 0 Å². The van der Waals surface area contributed by atoms with Crippen molar-refractivity contribution in [1.82, 2.24) is 5.01 Å². The highest BCUT2D eigenvalue weighted by Crippen LogP contribution is 2.35. The predicted molar refractivity (Wildman–Crippen MR) is 107 cm³/mol. The van der Waals surface area contributed by atoms with Gasteiger partial charge in [-0.05, 0) is 12.5 Å². The molecule has 28 heavy (non-hydrogen) atoms. The molecular formula is C18H17ClN2O5S2. The Bertz CT molecular complexity index is 1090. The molecule has 2 aromatic rings. The van der Waals surface area contributed by atoms with Crippen molar-refractivity contribution >= 4 is 60.4 Å². The van der Waals surface area contributed by atoms with Crippen LogP contribution in [0.2, 0.25) is 5.02 Å². The standard InChI is InChI=1S/C18H17ClN2O5S2/c19-17-12-3-1-2-4-14(12)27-15(17)9-26-18(23)13-5-6-16(22)21(20-13)11-7-8-28(24,25)10-11/h1-4,11H,5-10H2/t11-/m0/s1. The molecule has 148 valence electrons. The van der Waals surface area contributed by atoms with Gasteiger partial charge in [-0.1, -0.05) is 29.8 Å². The van der Waals surface area contributed by atoms with Gasteiger partial charge in [-0.3, -0.25) is 4.79 Å². The molecule has 1 aromatic carbocycles. The zero-order chi connectivity index (χ0) is 19.9. The largest absolute Gasteiger partial charge is 0.455 e. The maximum Gasteiger partial charge on any atom is 0.354 e. The van der Waals surface area contributed by atoms with Crippen LogP contribution in [0.15, 0.2) is 29.4 Å². The highest BCUT2D eigenvalue weighted by molar-refractivity contribution is 7.91. The normalized spacial score (nSPS) is 21.8. The average Bonchev–Trinajstić information content (AvgIpc) is 3.19. The van der Waals surface area contributed by atoms with Crippen LogP contribution >= 0.6 is 22.9 Å². The van der Waals surface area contributed by atoms with Crippen LogP contribution in [0, 0.1) is 0 Å². The Kier molecular flexibility index (Phi) is 5.15. The first kappa shape index (κ1) is 19.4. The van der Waals surface area contributed by atoms with Crippen molar-refractivity contribution in [2.45, 2.75) is 31.9 Å². The van der Waals surface area contributed by atoms with E-state index < -0.39 is 21.8 Å². The van der Waals surface area contributed by atoms with E-state index in [0.717, 1.165) is 20.0 Å². The first-order valence-electron chi connectivity index (χ1n) is 8.77. The third-order valence-corrected chi connectivity index (χ3v) is 8.22. The molecule has 0 saturated carbocycles. The fourth-order valence-corrected chi connectivity index (χ4v) is 6.44. The minimum absolute atomic E-state index is 0.0157. The topological polar surface area (TPSA) is 93.1 Å². The number of hydrogen-bond acceptors (Lipinski definition) is 7. The second-order valence-electron chi connectivity index (χ2n) is 6.75. The van der Waals surface area contributed by atoms with Gasteiger partial charge in [0.05, 0.1) is 27.4 Å². The minimum atomic E-state index is -3.16. The Morgan fingerprint density at radius 3 is 2.82 bits per heavy atom. The summed E-state index contributed by atoms with van der Waals surface area (Å²) in [5.41, 5.74) is 0.126. The Morgan fingerprint density at radius 1 is 1.32 bits per heavy atom. The lowest BCUT2D eigenvalue weighted by Gasteiger charge is -2.27. The first-order valence-corrected chi connectivity index (χ1v) is 11.8. The quantitative estimate of drug-likeness (QED) is 0.681. The Labute approximate surface area is 170 Å². The van der Waals surface area contributed by atoms with Gasteiger partial charge in [0, 0.05) is 22.9 Å². The fraction of sp³-hybridized carbons (Fsp3) is 0.389. The molecule has 4 rings (SSSR count). The van der Waals surface area contributed by atoms with Gasteiger partial charge in [0.2, 0.25) is 5.91 Å². The third kappa shape index (κ3) is 3.78. The van der Waals surface area contributed by atoms with E-state index >= 15 is 0 Å². The minimum Gasteiger partial charge on any atom is -0.455 e. The number of amides is 1. The van der Waals surface area contributed by atoms with E-state index in [1.165, 1.54) is 11.3 Å². The van der Waals surface area contributed by atoms with Crippen LogP contribution in [0.4, 0.5) is 0 Å². The zero-order valence-electron chi connectivity index (χ0n) is 14.8. The summed E-state index contributed by atoms with van der Waals surface area (Å²) in [6.07, 6.45) is 0.610. The van der Waals surface area contributed by atoms with Gasteiger partial charge in [-0.15, -0.1) is 11.3 Å². The number of esters is 1. The molecule has 3 heterocycles. The molecule has 10 heteroatoms. The summed E-state index contributed by atoms with van der Waals surface area (Å²) in [5, 5.41) is 6.74. The number of carbonyl (C=O) groups is 2. The van der Waals surface area contributed by atoms with Crippen molar-refractivity contribution in [2.24, 2.45) is 5.10 Å². The van der Waals surface area contributed by atoms with Gasteiger partial charge in [-0.2, -0.15) is 5.10 Å². The van der Waals surface area contributed by atoms with Gasteiger partial charge in [-0.25, -0.2) is 18.2 Å². The number of fused-ring (bicyclic) bond motifs is 1. The van der Waals surface area contributed by atoms with Gasteiger partial charge in [0.15, 0.2) is 9.84 Å². The maximum absolute atomic E-state index is 12.4. The number of hydrazone groups is 1. The van der Waals surface area contributed by atoms with Crippen molar-refractivity contribution in [3.8, 4) is 0 Å². The van der Waals surface area contributed by atoms with Gasteiger partial charge in [0.1, 0.15) is 12.3 Å². The van der Waals surface area contributed by atoms with Crippen molar-refractivity contribution < 1.29 is 22.7 Å². The summed E-state index contributed by atoms with van der Waals surface area (Å²) < 4.78 is 29.7. The number of hydrogen-bond donors (Lipinski definition) is 0. The zero-order valence-corrected chi connectivity index (χ0v) is 17.1. The van der Waals surface area contributed by atoms with E-state index in [1.54, 1.807) is 0 Å². The van der Waals surface area contributed by atoms with E-state index in [4.69, 9.17) is 16.3 Å². The number of nitrogens with zero attached hydrogens (tertiary/aromatic N) is 2. The molecule has 0 N–H and O–H groups in total. The lowest BCUT2D eigenvalue weighted by Crippen LogP contribution is -2.42. The highest BCUT2D eigenvalue weighted by atomic mass is 35.5. The van der Waals surface area contributed by atoms with Gasteiger partial charge >= 0.3 is 5.97 Å². The van der Waals surface area contributed by atoms with Crippen LogP contribution in [0.1, 0.15) is 24.1 Å². The smallest absolute Gasteiger partial charge is 0.354 e. The van der Waals surface area contributed by atoms with Crippen molar-refractivity contribution in [1.29, 1.82) is 0 Å². The lowest BCUT2D eigenvalue weighted by atomic mass is 10.1. The maximum atomic E-state index is 12.4. The molecule has 0 unspecified atom stereocenters. The van der Waals surface area contributed by atoms with E-state index in [2.05, 4.69) is 5.10 Å². The average molecular weight is 441 g/mol. The number of ether oxygens (including phenoxy) is 1. The third-order valence-electron chi connectivity index (χ3n) is 4.79. The number of benzene rings is 1. The Balaban J connectivity index is 1.47. The SMILES string of the molecule is O=C(OCc1sc2ccccc2c1Cl)C1=NN([C@H]2CCS(=O)(=O)C2)C(=O)CC1. The Hall–Kier alpha value is -1.97. The van der Waals surface area contributed by atoms with Crippen molar-refractivity contribution in [3.63, 3.8) is 0 Å². The van der Waals surface area contributed by atoms with Crippen LogP contribution in [-0.4, -0.2) is 48.6 Å². The van der Waals surface area contributed by atoms with Crippen molar-refractivity contribution in [3.05, 3.63) is 34.2 Å². The summed E-state index contributed by atoms with van der Waals surface area (Å²) in [7, 11) is -3.16. The molecule has 0 radical (unpaired) electrons. The molecule has 2 aliphatic rings. The monoisotopic (exact) mass is 440 g/mol. The summed E-state index contributed by atoms with van der Waals surface area (Å²) >= 11 is 7.81. The summed E-state index contributed by atoms with van der Waals surface area (Å²) in [5.74, 6) is -0.985. The number of sulfone groups is 1. The second kappa shape index (κ2) is 7.46. The molecule has 1 amide bonds. The molecule has 1 aromatic heterocycles. The molecular weight excluding hydrogens is 424 g/mol. The van der Waals surface area contributed by atoms with Gasteiger partial charge < -0.3 is 4.74 Å². The number of thiophene rings is 1. The summed E-state index contributed by atoms with van der Waals surface area (Å²) in [4.78, 5) is 25.3. The van der Waals surface area contributed by atoms with Crippen LogP contribution in [0.5, 0.6) is 0 Å². The molecule has 2 aliphatic heterocycles. The molecule has 0 bridgehead atoms. The molecule has 7 nitrogen and oxygen atoms in total. The van der Waals surface area contributed by atoms with E-state index in [-0.39, 0.29) is 42.6 Å². The first-order chi connectivity index (χ1) is 13.3. The molecule has 0 spiro atoms. The molecule has 1 saturated heterocycles. The molecule has 1 atom stereocenters. The van der Waals surface area contributed by atoms with Crippen LogP contribution in [0.25, 0.3) is 10.1 Å². The van der Waals surface area contributed by atoms with E-state index in [1.807, 2.05) is 24.3 Å². The number of carbonyl (C=O) groups excluding carboxylic acids is 2. The summed E-state index contributed by atoms with van der Waals surface area (Å²) in [6.45, 7) is 0.0157. The Morgan fingerprint density at radius 2 is 2.11 bits per heavy atom. The summed E-state index contributed by atoms with van der Waals surface area (Å²) in [6, 6.07) is 7.14. The second-order valence-corrected chi connectivity index (χ2v) is 10.5. The van der Waals surface area contributed by atoms with Crippen LogP contribution in [0.3, 0.4) is 0 Å². The lowest BCUT2D eigenvalue weighted by molar-refractivity contribution is -0.138. The number of halogens is 1.